The van der Waals surface area contributed by atoms with Crippen molar-refractivity contribution in [2.45, 2.75) is 16.7 Å². The minimum absolute atomic E-state index is 0.0260. The molecule has 0 saturated heterocycles. The predicted molar refractivity (Wildman–Crippen MR) is 102 cm³/mol. The highest BCUT2D eigenvalue weighted by atomic mass is 32.2. The third-order valence-electron chi connectivity index (χ3n) is 4.04. The van der Waals surface area contributed by atoms with Crippen LogP contribution in [0.5, 0.6) is 0 Å². The smallest absolute Gasteiger partial charge is 0.206 e. The van der Waals surface area contributed by atoms with Crippen LogP contribution in [0.4, 0.5) is 5.69 Å². The van der Waals surface area contributed by atoms with Crippen molar-refractivity contribution in [1.29, 1.82) is 0 Å². The highest BCUT2D eigenvalue weighted by Crippen LogP contribution is 2.22. The normalized spacial score (nSPS) is 11.1. The van der Waals surface area contributed by atoms with Crippen LogP contribution in [0, 0.1) is 6.92 Å². The zero-order valence-electron chi connectivity index (χ0n) is 14.3. The van der Waals surface area contributed by atoms with Crippen molar-refractivity contribution in [3.8, 4) is 0 Å². The molecule has 0 unspecified atom stereocenters. The monoisotopic (exact) mass is 365 g/mol. The lowest BCUT2D eigenvalue weighted by Gasteiger charge is -2.08. The van der Waals surface area contributed by atoms with Gasteiger partial charge in [0, 0.05) is 11.3 Å². The van der Waals surface area contributed by atoms with Crippen LogP contribution in [0.25, 0.3) is 0 Å². The van der Waals surface area contributed by atoms with E-state index in [4.69, 9.17) is 0 Å². The van der Waals surface area contributed by atoms with Crippen LogP contribution in [0.3, 0.4) is 0 Å². The molecule has 0 saturated carbocycles. The van der Waals surface area contributed by atoms with Crippen molar-refractivity contribution in [1.82, 2.24) is 0 Å². The minimum atomic E-state index is -3.54. The van der Waals surface area contributed by atoms with Gasteiger partial charge in [-0.05, 0) is 43.3 Å². The summed E-state index contributed by atoms with van der Waals surface area (Å²) in [6.07, 6.45) is 0. The molecule has 132 valence electrons. The summed E-state index contributed by atoms with van der Waals surface area (Å²) in [5.74, 6) is -0.0260. The minimum Gasteiger partial charge on any atom is -0.378 e. The summed E-state index contributed by atoms with van der Waals surface area (Å²) in [4.78, 5) is 12.6. The maximum atomic E-state index is 12.6. The number of carbonyl (C=O) groups is 1. The van der Waals surface area contributed by atoms with Crippen LogP contribution < -0.4 is 5.32 Å². The maximum absolute atomic E-state index is 12.6. The van der Waals surface area contributed by atoms with Crippen LogP contribution in [0.15, 0.2) is 88.7 Å². The lowest BCUT2D eigenvalue weighted by Crippen LogP contribution is -2.13. The van der Waals surface area contributed by atoms with Gasteiger partial charge < -0.3 is 5.32 Å². The Morgan fingerprint density at radius 3 is 1.92 bits per heavy atom. The first-order valence-electron chi connectivity index (χ1n) is 8.21. The number of Topliss-reactive ketones (excluding diaryl/α,β-unsaturated/α-hetero) is 1. The van der Waals surface area contributed by atoms with Gasteiger partial charge in [-0.3, -0.25) is 4.79 Å². The number of hydrogen-bond acceptors (Lipinski definition) is 4. The molecule has 26 heavy (non-hydrogen) atoms. The van der Waals surface area contributed by atoms with Gasteiger partial charge in [0.15, 0.2) is 5.78 Å². The van der Waals surface area contributed by atoms with E-state index in [1.807, 2.05) is 25.1 Å². The number of rotatable bonds is 6. The second kappa shape index (κ2) is 7.54. The summed E-state index contributed by atoms with van der Waals surface area (Å²) in [6, 6.07) is 22.2. The molecule has 5 heteroatoms. The summed E-state index contributed by atoms with van der Waals surface area (Å²) in [6.45, 7) is 2.06. The molecule has 0 aromatic heterocycles. The Morgan fingerprint density at radius 1 is 0.808 bits per heavy atom. The lowest BCUT2D eigenvalue weighted by atomic mass is 10.1. The van der Waals surface area contributed by atoms with Crippen LogP contribution in [-0.2, 0) is 9.84 Å². The largest absolute Gasteiger partial charge is 0.378 e. The molecular formula is C21H19NO3S. The zero-order valence-corrected chi connectivity index (χ0v) is 15.2. The second-order valence-corrected chi connectivity index (χ2v) is 7.93. The Morgan fingerprint density at radius 2 is 1.35 bits per heavy atom. The third-order valence-corrected chi connectivity index (χ3v) is 5.83. The second-order valence-electron chi connectivity index (χ2n) is 5.98. The van der Waals surface area contributed by atoms with E-state index < -0.39 is 9.84 Å². The lowest BCUT2D eigenvalue weighted by molar-refractivity contribution is 0.101. The van der Waals surface area contributed by atoms with Crippen LogP contribution >= 0.6 is 0 Å². The third kappa shape index (κ3) is 4.00. The highest BCUT2D eigenvalue weighted by molar-refractivity contribution is 7.91. The Bertz CT molecular complexity index is 993. The maximum Gasteiger partial charge on any atom is 0.206 e. The predicted octanol–water partition coefficient (Wildman–Crippen LogP) is 4.12. The summed E-state index contributed by atoms with van der Waals surface area (Å²) < 4.78 is 25.3. The summed E-state index contributed by atoms with van der Waals surface area (Å²) in [5, 5.41) is 3.02. The number of anilines is 1. The van der Waals surface area contributed by atoms with E-state index in [0.29, 0.717) is 11.3 Å². The van der Waals surface area contributed by atoms with E-state index in [0.717, 1.165) is 5.56 Å². The fourth-order valence-corrected chi connectivity index (χ4v) is 3.77. The van der Waals surface area contributed by atoms with Gasteiger partial charge in [-0.25, -0.2) is 8.42 Å². The quantitative estimate of drug-likeness (QED) is 0.668. The first-order valence-corrected chi connectivity index (χ1v) is 9.69. The Labute approximate surface area is 153 Å². The molecule has 4 nitrogen and oxygen atoms in total. The molecule has 0 spiro atoms. The average Bonchev–Trinajstić information content (AvgIpc) is 2.67. The molecule has 0 atom stereocenters. The standard InChI is InChI=1S/C21H19NO3S/c1-16-7-11-19(12-8-16)26(24,25)20-13-9-18(10-14-20)22-15-21(23)17-5-3-2-4-6-17/h2-14,22H,15H2,1H3. The van der Waals surface area contributed by atoms with Gasteiger partial charge in [-0.2, -0.15) is 0 Å². The van der Waals surface area contributed by atoms with Gasteiger partial charge in [0.1, 0.15) is 0 Å². The number of ketones is 1. The van der Waals surface area contributed by atoms with Crippen LogP contribution in [-0.4, -0.2) is 20.7 Å². The van der Waals surface area contributed by atoms with Crippen molar-refractivity contribution in [2.24, 2.45) is 0 Å². The number of benzene rings is 3. The molecule has 0 radical (unpaired) electrons. The molecule has 1 N–H and O–H groups in total. The molecule has 0 aliphatic carbocycles. The molecule has 0 heterocycles. The van der Waals surface area contributed by atoms with E-state index in [2.05, 4.69) is 5.32 Å². The van der Waals surface area contributed by atoms with Gasteiger partial charge in [0.2, 0.25) is 9.84 Å². The van der Waals surface area contributed by atoms with Gasteiger partial charge >= 0.3 is 0 Å². The van der Waals surface area contributed by atoms with Gasteiger partial charge in [-0.15, -0.1) is 0 Å². The van der Waals surface area contributed by atoms with Gasteiger partial charge in [-0.1, -0.05) is 48.0 Å². The number of hydrogen-bond donors (Lipinski definition) is 1. The van der Waals surface area contributed by atoms with Gasteiger partial charge in [0.05, 0.1) is 16.3 Å². The van der Waals surface area contributed by atoms with E-state index in [-0.39, 0.29) is 22.1 Å². The molecule has 0 aliphatic heterocycles. The van der Waals surface area contributed by atoms with E-state index in [1.54, 1.807) is 60.7 Å². The number of sulfone groups is 1. The van der Waals surface area contributed by atoms with Crippen LogP contribution in [0.1, 0.15) is 15.9 Å². The molecule has 3 aromatic carbocycles. The summed E-state index contributed by atoms with van der Waals surface area (Å²) >= 11 is 0. The fraction of sp³-hybridized carbons (Fsp3) is 0.0952. The molecule has 0 amide bonds. The van der Waals surface area contributed by atoms with Crippen molar-refractivity contribution in [2.75, 3.05) is 11.9 Å². The topological polar surface area (TPSA) is 63.2 Å². The molecule has 3 rings (SSSR count). The number of aryl methyl sites for hydroxylation is 1. The molecule has 0 fully saturated rings. The highest BCUT2D eigenvalue weighted by Gasteiger charge is 2.17. The van der Waals surface area contributed by atoms with Crippen molar-refractivity contribution in [3.05, 3.63) is 90.0 Å². The number of nitrogens with one attached hydrogen (secondary N) is 1. The van der Waals surface area contributed by atoms with Crippen molar-refractivity contribution in [3.63, 3.8) is 0 Å². The average molecular weight is 365 g/mol. The summed E-state index contributed by atoms with van der Waals surface area (Å²) in [5.41, 5.74) is 2.34. The summed E-state index contributed by atoms with van der Waals surface area (Å²) in [7, 11) is -3.54. The van der Waals surface area contributed by atoms with Crippen molar-refractivity contribution >= 4 is 21.3 Å². The first-order chi connectivity index (χ1) is 12.5. The van der Waals surface area contributed by atoms with E-state index in [9.17, 15) is 13.2 Å². The molecular weight excluding hydrogens is 346 g/mol. The van der Waals surface area contributed by atoms with Crippen LogP contribution in [0.2, 0.25) is 0 Å². The van der Waals surface area contributed by atoms with Gasteiger partial charge in [0.25, 0.3) is 0 Å². The first kappa shape index (κ1) is 17.9. The van der Waals surface area contributed by atoms with E-state index in [1.165, 1.54) is 0 Å². The van der Waals surface area contributed by atoms with Crippen molar-refractivity contribution < 1.29 is 13.2 Å². The SMILES string of the molecule is Cc1ccc(S(=O)(=O)c2ccc(NCC(=O)c3ccccc3)cc2)cc1. The van der Waals surface area contributed by atoms with E-state index >= 15 is 0 Å². The Kier molecular flexibility index (Phi) is 5.19. The molecule has 0 aliphatic rings. The fourth-order valence-electron chi connectivity index (χ4n) is 2.51. The molecule has 3 aromatic rings. The molecule has 0 bridgehead atoms. The number of carbonyl (C=O) groups excluding carboxylic acids is 1. The Hall–Kier alpha value is -2.92. The zero-order chi connectivity index (χ0) is 18.6. The Balaban J connectivity index is 1.70.